The van der Waals surface area contributed by atoms with Crippen molar-refractivity contribution in [3.05, 3.63) is 58.1 Å². The molecule has 0 spiro atoms. The molecule has 3 rings (SSSR count). The number of benzene rings is 2. The van der Waals surface area contributed by atoms with E-state index in [4.69, 9.17) is 27.9 Å². The Kier molecular flexibility index (Phi) is 6.19. The monoisotopic (exact) mass is 442 g/mol. The summed E-state index contributed by atoms with van der Waals surface area (Å²) in [6.45, 7) is 4.81. The van der Waals surface area contributed by atoms with Gasteiger partial charge in [-0.2, -0.15) is 0 Å². The maximum atomic E-state index is 12.8. The van der Waals surface area contributed by atoms with Crippen LogP contribution in [0.4, 0.5) is 5.69 Å². The number of amides is 1. The number of halogens is 2. The van der Waals surface area contributed by atoms with Crippen LogP contribution in [0.15, 0.2) is 47.4 Å². The number of ether oxygens (including phenoxy) is 1. The van der Waals surface area contributed by atoms with Crippen LogP contribution in [0.5, 0.6) is 0 Å². The molecule has 2 aromatic rings. The molecule has 6 nitrogen and oxygen atoms in total. The van der Waals surface area contributed by atoms with Gasteiger partial charge in [0.1, 0.15) is 0 Å². The summed E-state index contributed by atoms with van der Waals surface area (Å²) in [7, 11) is -3.88. The van der Waals surface area contributed by atoms with Gasteiger partial charge in [0.25, 0.3) is 15.9 Å². The lowest BCUT2D eigenvalue weighted by molar-refractivity contribution is -0.0586. The van der Waals surface area contributed by atoms with Crippen molar-refractivity contribution in [2.24, 2.45) is 0 Å². The van der Waals surface area contributed by atoms with Crippen LogP contribution < -0.4 is 4.72 Å². The minimum atomic E-state index is -3.88. The van der Waals surface area contributed by atoms with Crippen LogP contribution in [0.25, 0.3) is 0 Å². The van der Waals surface area contributed by atoms with Gasteiger partial charge in [-0.25, -0.2) is 8.42 Å². The Morgan fingerprint density at radius 3 is 2.39 bits per heavy atom. The van der Waals surface area contributed by atoms with Gasteiger partial charge in [0.2, 0.25) is 0 Å². The molecule has 1 aliphatic rings. The van der Waals surface area contributed by atoms with Crippen molar-refractivity contribution >= 4 is 44.8 Å². The third-order valence-corrected chi connectivity index (χ3v) is 6.39. The fraction of sp³-hybridized carbons (Fsp3) is 0.316. The predicted molar refractivity (Wildman–Crippen MR) is 110 cm³/mol. The van der Waals surface area contributed by atoms with E-state index >= 15 is 0 Å². The van der Waals surface area contributed by atoms with E-state index in [0.717, 1.165) is 0 Å². The molecule has 2 aromatic carbocycles. The SMILES string of the molecule is CC1CN(C(=O)c2cccc(NS(=O)(=O)c3ccc(Cl)c(Cl)c3)c2)CC(C)O1. The third kappa shape index (κ3) is 4.78. The van der Waals surface area contributed by atoms with Gasteiger partial charge < -0.3 is 9.64 Å². The molecule has 9 heteroatoms. The zero-order valence-electron chi connectivity index (χ0n) is 15.4. The number of nitrogens with zero attached hydrogens (tertiary/aromatic N) is 1. The molecular weight excluding hydrogens is 423 g/mol. The Labute approximate surface area is 174 Å². The van der Waals surface area contributed by atoms with E-state index < -0.39 is 10.0 Å². The second kappa shape index (κ2) is 8.29. The Morgan fingerprint density at radius 2 is 1.75 bits per heavy atom. The first-order chi connectivity index (χ1) is 13.2. The van der Waals surface area contributed by atoms with Crippen molar-refractivity contribution in [3.63, 3.8) is 0 Å². The smallest absolute Gasteiger partial charge is 0.261 e. The van der Waals surface area contributed by atoms with E-state index in [9.17, 15) is 13.2 Å². The molecule has 150 valence electrons. The van der Waals surface area contributed by atoms with Gasteiger partial charge in [-0.1, -0.05) is 29.3 Å². The summed E-state index contributed by atoms with van der Waals surface area (Å²) in [5.74, 6) is -0.169. The number of anilines is 1. The molecule has 1 saturated heterocycles. The van der Waals surface area contributed by atoms with E-state index in [-0.39, 0.29) is 38.7 Å². The normalized spacial score (nSPS) is 20.1. The van der Waals surface area contributed by atoms with Crippen LogP contribution in [0.1, 0.15) is 24.2 Å². The van der Waals surface area contributed by atoms with Crippen molar-refractivity contribution in [2.75, 3.05) is 17.8 Å². The van der Waals surface area contributed by atoms with Crippen LogP contribution in [-0.2, 0) is 14.8 Å². The van der Waals surface area contributed by atoms with Crippen LogP contribution in [-0.4, -0.2) is 44.5 Å². The van der Waals surface area contributed by atoms with Gasteiger partial charge in [-0.05, 0) is 50.2 Å². The summed E-state index contributed by atoms with van der Waals surface area (Å²) < 4.78 is 33.3. The highest BCUT2D eigenvalue weighted by Crippen LogP contribution is 2.26. The summed E-state index contributed by atoms with van der Waals surface area (Å²) in [6, 6.07) is 10.4. The third-order valence-electron chi connectivity index (χ3n) is 4.27. The minimum Gasteiger partial charge on any atom is -0.372 e. The number of carbonyl (C=O) groups excluding carboxylic acids is 1. The standard InChI is InChI=1S/C19H20Cl2N2O4S/c1-12-10-23(11-13(2)27-12)19(24)14-4-3-5-15(8-14)22-28(25,26)16-6-7-17(20)18(21)9-16/h3-9,12-13,22H,10-11H2,1-2H3. The molecule has 1 fully saturated rings. The van der Waals surface area contributed by atoms with Gasteiger partial charge >= 0.3 is 0 Å². The van der Waals surface area contributed by atoms with Crippen molar-refractivity contribution in [1.82, 2.24) is 4.90 Å². The fourth-order valence-electron chi connectivity index (χ4n) is 3.10. The van der Waals surface area contributed by atoms with Gasteiger partial charge in [0.05, 0.1) is 27.1 Å². The van der Waals surface area contributed by atoms with E-state index in [2.05, 4.69) is 4.72 Å². The molecule has 0 saturated carbocycles. The zero-order valence-corrected chi connectivity index (χ0v) is 17.7. The summed E-state index contributed by atoms with van der Waals surface area (Å²) in [6.07, 6.45) is -0.104. The Hall–Kier alpha value is -1.80. The van der Waals surface area contributed by atoms with E-state index in [1.165, 1.54) is 24.3 Å². The molecule has 0 aromatic heterocycles. The molecule has 2 unspecified atom stereocenters. The molecular formula is C19H20Cl2N2O4S. The second-order valence-electron chi connectivity index (χ2n) is 6.73. The fourth-order valence-corrected chi connectivity index (χ4v) is 4.54. The van der Waals surface area contributed by atoms with Crippen molar-refractivity contribution in [2.45, 2.75) is 31.0 Å². The van der Waals surface area contributed by atoms with Crippen molar-refractivity contribution in [3.8, 4) is 0 Å². The topological polar surface area (TPSA) is 75.7 Å². The van der Waals surface area contributed by atoms with Gasteiger partial charge in [-0.3, -0.25) is 9.52 Å². The number of hydrogen-bond acceptors (Lipinski definition) is 4. The first-order valence-corrected chi connectivity index (χ1v) is 10.9. The molecule has 0 radical (unpaired) electrons. The van der Waals surface area contributed by atoms with Gasteiger partial charge in [-0.15, -0.1) is 0 Å². The Balaban J connectivity index is 1.81. The number of sulfonamides is 1. The predicted octanol–water partition coefficient (Wildman–Crippen LogP) is 4.04. The highest BCUT2D eigenvalue weighted by atomic mass is 35.5. The average Bonchev–Trinajstić information content (AvgIpc) is 2.62. The lowest BCUT2D eigenvalue weighted by Crippen LogP contribution is -2.48. The first-order valence-electron chi connectivity index (χ1n) is 8.68. The molecule has 1 N–H and O–H groups in total. The quantitative estimate of drug-likeness (QED) is 0.774. The summed E-state index contributed by atoms with van der Waals surface area (Å²) in [5, 5.41) is 0.409. The van der Waals surface area contributed by atoms with E-state index in [1.54, 1.807) is 23.1 Å². The maximum absolute atomic E-state index is 12.8. The Morgan fingerprint density at radius 1 is 1.07 bits per heavy atom. The molecule has 2 atom stereocenters. The largest absolute Gasteiger partial charge is 0.372 e. The van der Waals surface area contributed by atoms with Crippen molar-refractivity contribution in [1.29, 1.82) is 0 Å². The van der Waals surface area contributed by atoms with E-state index in [1.807, 2.05) is 13.8 Å². The zero-order chi connectivity index (χ0) is 20.5. The number of carbonyl (C=O) groups is 1. The van der Waals surface area contributed by atoms with Crippen LogP contribution >= 0.6 is 23.2 Å². The number of morpholine rings is 1. The van der Waals surface area contributed by atoms with Crippen LogP contribution in [0.2, 0.25) is 10.0 Å². The van der Waals surface area contributed by atoms with E-state index in [0.29, 0.717) is 18.7 Å². The highest BCUT2D eigenvalue weighted by Gasteiger charge is 2.27. The van der Waals surface area contributed by atoms with Crippen LogP contribution in [0.3, 0.4) is 0 Å². The summed E-state index contributed by atoms with van der Waals surface area (Å²) in [4.78, 5) is 14.5. The average molecular weight is 443 g/mol. The summed E-state index contributed by atoms with van der Waals surface area (Å²) >= 11 is 11.8. The lowest BCUT2D eigenvalue weighted by atomic mass is 10.1. The summed E-state index contributed by atoms with van der Waals surface area (Å²) in [5.41, 5.74) is 0.682. The number of rotatable bonds is 4. The minimum absolute atomic E-state index is 0.0190. The first kappa shape index (κ1) is 20.9. The molecule has 0 bridgehead atoms. The number of hydrogen-bond donors (Lipinski definition) is 1. The molecule has 1 heterocycles. The maximum Gasteiger partial charge on any atom is 0.261 e. The molecule has 1 aliphatic heterocycles. The van der Waals surface area contributed by atoms with Gasteiger partial charge in [0.15, 0.2) is 0 Å². The molecule has 0 aliphatic carbocycles. The van der Waals surface area contributed by atoms with Crippen LogP contribution in [0, 0.1) is 0 Å². The number of nitrogens with one attached hydrogen (secondary N) is 1. The van der Waals surface area contributed by atoms with Gasteiger partial charge in [0, 0.05) is 24.3 Å². The Bertz CT molecular complexity index is 987. The van der Waals surface area contributed by atoms with Crippen molar-refractivity contribution < 1.29 is 17.9 Å². The second-order valence-corrected chi connectivity index (χ2v) is 9.23. The highest BCUT2D eigenvalue weighted by molar-refractivity contribution is 7.92. The lowest BCUT2D eigenvalue weighted by Gasteiger charge is -2.35. The molecule has 28 heavy (non-hydrogen) atoms. The molecule has 1 amide bonds.